The molecule has 3 nitrogen and oxygen atoms in total. The van der Waals surface area contributed by atoms with Crippen LogP contribution >= 0.6 is 0 Å². The van der Waals surface area contributed by atoms with Crippen molar-refractivity contribution in [2.45, 2.75) is 12.8 Å². The van der Waals surface area contributed by atoms with Gasteiger partial charge in [-0.2, -0.15) is 0 Å². The first-order chi connectivity index (χ1) is 12.2. The number of benzene rings is 3. The summed E-state index contributed by atoms with van der Waals surface area (Å²) in [6.07, 6.45) is -0.549. The molecule has 3 aromatic rings. The summed E-state index contributed by atoms with van der Waals surface area (Å²) in [6, 6.07) is 23.3. The third kappa shape index (κ3) is 2.98. The molecule has 1 amide bonds. The molecule has 25 heavy (non-hydrogen) atoms. The van der Waals surface area contributed by atoms with E-state index in [2.05, 4.69) is 0 Å². The normalized spacial score (nSPS) is 16.3. The fourth-order valence-corrected chi connectivity index (χ4v) is 3.02. The van der Waals surface area contributed by atoms with E-state index in [9.17, 15) is 9.18 Å². The number of nitrogens with zero attached hydrogens (tertiary/aromatic N) is 1. The molecule has 0 aliphatic carbocycles. The van der Waals surface area contributed by atoms with Crippen molar-refractivity contribution in [3.05, 3.63) is 101 Å². The first kappa shape index (κ1) is 15.4. The quantitative estimate of drug-likeness (QED) is 0.703. The van der Waals surface area contributed by atoms with Gasteiger partial charge in [0.15, 0.2) is 0 Å². The average molecular weight is 333 g/mol. The first-order valence-corrected chi connectivity index (χ1v) is 8.08. The highest BCUT2D eigenvalue weighted by Crippen LogP contribution is 2.36. The van der Waals surface area contributed by atoms with Crippen LogP contribution in [-0.4, -0.2) is 10.8 Å². The summed E-state index contributed by atoms with van der Waals surface area (Å²) in [7, 11) is 0. The molecule has 1 heterocycles. The maximum absolute atomic E-state index is 13.6. The van der Waals surface area contributed by atoms with E-state index in [0.717, 1.165) is 11.1 Å². The molecular formula is C21H16FNO2. The van der Waals surface area contributed by atoms with Gasteiger partial charge in [0.05, 0.1) is 5.56 Å². The monoisotopic (exact) mass is 333 g/mol. The minimum atomic E-state index is -0.549. The fourth-order valence-electron chi connectivity index (χ4n) is 3.02. The number of hydrogen-bond acceptors (Lipinski definition) is 2. The van der Waals surface area contributed by atoms with E-state index < -0.39 is 12.0 Å². The number of fused-ring (bicyclic) bond motifs is 1. The van der Waals surface area contributed by atoms with Gasteiger partial charge in [0.1, 0.15) is 11.6 Å². The van der Waals surface area contributed by atoms with Crippen molar-refractivity contribution in [2.75, 3.05) is 0 Å². The van der Waals surface area contributed by atoms with Crippen LogP contribution in [0.1, 0.15) is 27.7 Å². The Bertz CT molecular complexity index is 896. The summed E-state index contributed by atoms with van der Waals surface area (Å²) < 4.78 is 19.7. The lowest BCUT2D eigenvalue weighted by molar-refractivity contribution is 0.00459. The van der Waals surface area contributed by atoms with Crippen molar-refractivity contribution in [3.8, 4) is 5.75 Å². The number of rotatable bonds is 3. The molecule has 3 aromatic carbocycles. The van der Waals surface area contributed by atoms with Gasteiger partial charge in [-0.05, 0) is 23.8 Å². The first-order valence-electron chi connectivity index (χ1n) is 8.08. The van der Waals surface area contributed by atoms with Crippen LogP contribution in [0.3, 0.4) is 0 Å². The Morgan fingerprint density at radius 3 is 2.32 bits per heavy atom. The summed E-state index contributed by atoms with van der Waals surface area (Å²) in [5, 5.41) is 0. The van der Waals surface area contributed by atoms with Gasteiger partial charge in [-0.3, -0.25) is 9.69 Å². The molecule has 0 N–H and O–H groups in total. The Balaban J connectivity index is 1.77. The Labute approximate surface area is 145 Å². The molecule has 0 saturated carbocycles. The minimum absolute atomic E-state index is 0.238. The zero-order chi connectivity index (χ0) is 17.2. The molecule has 0 spiro atoms. The number of halogens is 1. The molecule has 1 aliphatic rings. The highest BCUT2D eigenvalue weighted by molar-refractivity contribution is 5.98. The van der Waals surface area contributed by atoms with Crippen LogP contribution in [0.4, 0.5) is 4.39 Å². The minimum Gasteiger partial charge on any atom is -0.465 e. The Morgan fingerprint density at radius 2 is 1.60 bits per heavy atom. The number of carbonyl (C=O) groups is 1. The van der Waals surface area contributed by atoms with Crippen molar-refractivity contribution in [2.24, 2.45) is 0 Å². The smallest absolute Gasteiger partial charge is 0.261 e. The summed E-state index contributed by atoms with van der Waals surface area (Å²) in [5.41, 5.74) is 2.12. The van der Waals surface area contributed by atoms with Crippen molar-refractivity contribution in [1.29, 1.82) is 0 Å². The third-order valence-electron chi connectivity index (χ3n) is 4.24. The molecule has 4 heteroatoms. The van der Waals surface area contributed by atoms with E-state index in [0.29, 0.717) is 12.3 Å². The van der Waals surface area contributed by atoms with Crippen molar-refractivity contribution in [1.82, 2.24) is 4.90 Å². The Hall–Kier alpha value is -3.14. The largest absolute Gasteiger partial charge is 0.465 e. The van der Waals surface area contributed by atoms with Crippen LogP contribution in [0.2, 0.25) is 0 Å². The van der Waals surface area contributed by atoms with Gasteiger partial charge in [-0.1, -0.05) is 60.7 Å². The van der Waals surface area contributed by atoms with Crippen molar-refractivity contribution in [3.63, 3.8) is 0 Å². The van der Waals surface area contributed by atoms with Crippen LogP contribution in [-0.2, 0) is 6.54 Å². The van der Waals surface area contributed by atoms with E-state index in [1.165, 1.54) is 18.2 Å². The standard InChI is InChI=1S/C21H16FNO2/c22-17-11-12-19-18(13-17)20(24)23(14-15-7-3-1-4-8-15)21(25-19)16-9-5-2-6-10-16/h1-13,21H,14H2. The Kier molecular flexibility index (Phi) is 3.94. The molecular weight excluding hydrogens is 317 g/mol. The zero-order valence-corrected chi connectivity index (χ0v) is 13.4. The van der Waals surface area contributed by atoms with Gasteiger partial charge < -0.3 is 4.74 Å². The van der Waals surface area contributed by atoms with E-state index in [1.54, 1.807) is 4.90 Å². The van der Waals surface area contributed by atoms with Crippen LogP contribution in [0, 0.1) is 5.82 Å². The lowest BCUT2D eigenvalue weighted by Gasteiger charge is -2.37. The van der Waals surface area contributed by atoms with Crippen LogP contribution in [0.25, 0.3) is 0 Å². The second-order valence-electron chi connectivity index (χ2n) is 5.94. The van der Waals surface area contributed by atoms with Gasteiger partial charge in [0.2, 0.25) is 6.23 Å². The van der Waals surface area contributed by atoms with E-state index in [4.69, 9.17) is 4.74 Å². The van der Waals surface area contributed by atoms with Gasteiger partial charge in [0, 0.05) is 12.1 Å². The van der Waals surface area contributed by atoms with E-state index in [1.807, 2.05) is 60.7 Å². The van der Waals surface area contributed by atoms with Crippen LogP contribution < -0.4 is 4.74 Å². The highest BCUT2D eigenvalue weighted by atomic mass is 19.1. The number of ether oxygens (including phenoxy) is 1. The second-order valence-corrected chi connectivity index (χ2v) is 5.94. The molecule has 1 atom stereocenters. The van der Waals surface area contributed by atoms with Gasteiger partial charge in [-0.25, -0.2) is 4.39 Å². The lowest BCUT2D eigenvalue weighted by atomic mass is 10.1. The number of hydrogen-bond donors (Lipinski definition) is 0. The van der Waals surface area contributed by atoms with E-state index >= 15 is 0 Å². The summed E-state index contributed by atoms with van der Waals surface area (Å²) in [4.78, 5) is 14.7. The van der Waals surface area contributed by atoms with Crippen LogP contribution in [0.15, 0.2) is 78.9 Å². The van der Waals surface area contributed by atoms with Gasteiger partial charge >= 0.3 is 0 Å². The molecule has 1 unspecified atom stereocenters. The number of amides is 1. The average Bonchev–Trinajstić information content (AvgIpc) is 2.66. The van der Waals surface area contributed by atoms with E-state index in [-0.39, 0.29) is 11.5 Å². The van der Waals surface area contributed by atoms with Crippen molar-refractivity contribution < 1.29 is 13.9 Å². The molecule has 4 rings (SSSR count). The highest BCUT2D eigenvalue weighted by Gasteiger charge is 2.35. The zero-order valence-electron chi connectivity index (χ0n) is 13.4. The van der Waals surface area contributed by atoms with Crippen molar-refractivity contribution >= 4 is 5.91 Å². The van der Waals surface area contributed by atoms with Crippen LogP contribution in [0.5, 0.6) is 5.75 Å². The maximum Gasteiger partial charge on any atom is 0.261 e. The maximum atomic E-state index is 13.6. The second kappa shape index (κ2) is 6.40. The molecule has 124 valence electrons. The molecule has 0 radical (unpaired) electrons. The summed E-state index contributed by atoms with van der Waals surface area (Å²) >= 11 is 0. The molecule has 0 fully saturated rings. The predicted molar refractivity (Wildman–Crippen MR) is 92.5 cm³/mol. The number of carbonyl (C=O) groups excluding carboxylic acids is 1. The predicted octanol–water partition coefficient (Wildman–Crippen LogP) is 4.56. The third-order valence-corrected chi connectivity index (χ3v) is 4.24. The summed E-state index contributed by atoms with van der Waals surface area (Å²) in [6.45, 7) is 0.384. The molecule has 0 bridgehead atoms. The van der Waals surface area contributed by atoms with Gasteiger partial charge in [-0.15, -0.1) is 0 Å². The molecule has 1 aliphatic heterocycles. The molecule has 0 aromatic heterocycles. The lowest BCUT2D eigenvalue weighted by Crippen LogP contribution is -2.41. The Morgan fingerprint density at radius 1 is 0.920 bits per heavy atom. The molecule has 0 saturated heterocycles. The summed E-state index contributed by atoms with van der Waals surface area (Å²) in [5.74, 6) is -0.281. The fraction of sp³-hybridized carbons (Fsp3) is 0.0952. The topological polar surface area (TPSA) is 29.5 Å². The SMILES string of the molecule is O=C1c2cc(F)ccc2OC(c2ccccc2)N1Cc1ccccc1. The van der Waals surface area contributed by atoms with Gasteiger partial charge in [0.25, 0.3) is 5.91 Å².